The number of hydrogen-bond donors (Lipinski definition) is 1. The number of rotatable bonds is 2. The van der Waals surface area contributed by atoms with Crippen molar-refractivity contribution in [3.8, 4) is 0 Å². The van der Waals surface area contributed by atoms with E-state index in [1.165, 1.54) is 12.8 Å². The zero-order valence-electron chi connectivity index (χ0n) is 23.6. The number of hydrogen-bond acceptors (Lipinski definition) is 3. The minimum absolute atomic E-state index is 0.0286. The van der Waals surface area contributed by atoms with Crippen molar-refractivity contribution in [3.05, 3.63) is 0 Å². The Labute approximate surface area is 209 Å². The van der Waals surface area contributed by atoms with Crippen LogP contribution >= 0.6 is 0 Å². The SMILES string of the molecule is CC(C)[C@@]1(C)CC[C@@](C)([C@H]2CC[C@]3(C)[C@@H]2C[C@@H](O)[C@@H]2[C@@]4(C)CCC(=O)C(C)(C)[C@@H]4CC[C@]23C)O1. The molecule has 0 bridgehead atoms. The number of Topliss-reactive ketones (excluding diaryl/α,β-unsaturated/α-hetero) is 1. The molecule has 1 heterocycles. The molecule has 10 atom stereocenters. The van der Waals surface area contributed by atoms with Crippen LogP contribution in [0.2, 0.25) is 0 Å². The predicted octanol–water partition coefficient (Wildman–Crippen LogP) is 7.20. The Bertz CT molecular complexity index is 863. The second kappa shape index (κ2) is 7.33. The fourth-order valence-electron chi connectivity index (χ4n) is 11.1. The lowest BCUT2D eigenvalue weighted by molar-refractivity contribution is -0.243. The molecule has 0 aromatic heterocycles. The highest BCUT2D eigenvalue weighted by Crippen LogP contribution is 2.76. The molecular formula is C31H52O3. The average Bonchev–Trinajstić information content (AvgIpc) is 3.24. The van der Waals surface area contributed by atoms with E-state index >= 15 is 0 Å². The summed E-state index contributed by atoms with van der Waals surface area (Å²) in [6.45, 7) is 21.3. The molecule has 3 nitrogen and oxygen atoms in total. The number of carbonyl (C=O) groups excluding carboxylic acids is 1. The molecule has 0 spiro atoms. The van der Waals surface area contributed by atoms with E-state index in [0.717, 1.165) is 38.5 Å². The molecule has 0 aromatic carbocycles. The lowest BCUT2D eigenvalue weighted by atomic mass is 9.35. The summed E-state index contributed by atoms with van der Waals surface area (Å²) >= 11 is 0. The third-order valence-corrected chi connectivity index (χ3v) is 13.7. The second-order valence-electron chi connectivity index (χ2n) is 15.5. The van der Waals surface area contributed by atoms with Crippen molar-refractivity contribution >= 4 is 5.78 Å². The molecule has 1 aliphatic heterocycles. The van der Waals surface area contributed by atoms with Gasteiger partial charge in [-0.05, 0) is 111 Å². The van der Waals surface area contributed by atoms with Crippen LogP contribution in [-0.4, -0.2) is 28.2 Å². The van der Waals surface area contributed by atoms with E-state index in [0.29, 0.717) is 35.9 Å². The van der Waals surface area contributed by atoms with Crippen LogP contribution in [0.25, 0.3) is 0 Å². The van der Waals surface area contributed by atoms with E-state index in [4.69, 9.17) is 4.74 Å². The topological polar surface area (TPSA) is 46.5 Å². The number of ether oxygens (including phenoxy) is 1. The van der Waals surface area contributed by atoms with Gasteiger partial charge in [-0.1, -0.05) is 48.5 Å². The molecule has 5 rings (SSSR count). The molecule has 5 aliphatic rings. The van der Waals surface area contributed by atoms with Crippen LogP contribution in [0.3, 0.4) is 0 Å². The fourth-order valence-corrected chi connectivity index (χ4v) is 11.1. The Kier molecular flexibility index (Phi) is 5.45. The minimum atomic E-state index is -0.276. The monoisotopic (exact) mass is 472 g/mol. The van der Waals surface area contributed by atoms with Gasteiger partial charge in [-0.15, -0.1) is 0 Å². The highest BCUT2D eigenvalue weighted by atomic mass is 16.5. The molecule has 0 unspecified atom stereocenters. The Hall–Kier alpha value is -0.410. The summed E-state index contributed by atoms with van der Waals surface area (Å²) in [6.07, 6.45) is 9.31. The summed E-state index contributed by atoms with van der Waals surface area (Å²) in [7, 11) is 0. The van der Waals surface area contributed by atoms with Crippen molar-refractivity contribution in [1.29, 1.82) is 0 Å². The summed E-state index contributed by atoms with van der Waals surface area (Å²) < 4.78 is 7.01. The first kappa shape index (κ1) is 25.2. The third-order valence-electron chi connectivity index (χ3n) is 13.7. The van der Waals surface area contributed by atoms with Gasteiger partial charge in [0.2, 0.25) is 0 Å². The van der Waals surface area contributed by atoms with Crippen molar-refractivity contribution < 1.29 is 14.6 Å². The zero-order chi connectivity index (χ0) is 25.1. The smallest absolute Gasteiger partial charge is 0.138 e. The largest absolute Gasteiger partial charge is 0.393 e. The first-order valence-corrected chi connectivity index (χ1v) is 14.5. The van der Waals surface area contributed by atoms with Gasteiger partial charge in [0.05, 0.1) is 17.3 Å². The van der Waals surface area contributed by atoms with Gasteiger partial charge in [-0.25, -0.2) is 0 Å². The van der Waals surface area contributed by atoms with Gasteiger partial charge in [0, 0.05) is 11.8 Å². The van der Waals surface area contributed by atoms with Gasteiger partial charge < -0.3 is 9.84 Å². The van der Waals surface area contributed by atoms with E-state index < -0.39 is 0 Å². The fraction of sp³-hybridized carbons (Fsp3) is 0.968. The van der Waals surface area contributed by atoms with Gasteiger partial charge in [0.15, 0.2) is 0 Å². The molecule has 3 heteroatoms. The molecule has 4 aliphatic carbocycles. The number of carbonyl (C=O) groups is 1. The van der Waals surface area contributed by atoms with Crippen molar-refractivity contribution in [3.63, 3.8) is 0 Å². The Morgan fingerprint density at radius 3 is 2.12 bits per heavy atom. The van der Waals surface area contributed by atoms with Crippen LogP contribution < -0.4 is 0 Å². The van der Waals surface area contributed by atoms with Crippen molar-refractivity contribution in [2.24, 2.45) is 51.2 Å². The van der Waals surface area contributed by atoms with Crippen LogP contribution in [0.1, 0.15) is 120 Å². The second-order valence-corrected chi connectivity index (χ2v) is 15.5. The first-order valence-electron chi connectivity index (χ1n) is 14.5. The van der Waals surface area contributed by atoms with E-state index in [1.54, 1.807) is 0 Å². The summed E-state index contributed by atoms with van der Waals surface area (Å²) in [5.74, 6) is 2.67. The predicted molar refractivity (Wildman–Crippen MR) is 137 cm³/mol. The van der Waals surface area contributed by atoms with Crippen molar-refractivity contribution in [2.75, 3.05) is 0 Å². The normalized spacial score (nSPS) is 56.8. The van der Waals surface area contributed by atoms with E-state index in [1.807, 2.05) is 0 Å². The lowest BCUT2D eigenvalue weighted by Gasteiger charge is -2.70. The van der Waals surface area contributed by atoms with Gasteiger partial charge in [-0.3, -0.25) is 4.79 Å². The number of aliphatic hydroxyl groups excluding tert-OH is 1. The standard InChI is InChI=1S/C31H52O3/c1-19(2)30(8)16-17-31(9,34-30)20-10-14-28(6)21(20)18-22(32)25-27(5)13-12-24(33)26(3,4)23(27)11-15-29(25,28)7/h19-23,25,32H,10-18H2,1-9H3/t20-,21+,22+,23-,25+,27-,28+,29+,30+,31-/m0/s1. The van der Waals surface area contributed by atoms with E-state index in [9.17, 15) is 9.90 Å². The molecule has 0 radical (unpaired) electrons. The summed E-state index contributed by atoms with van der Waals surface area (Å²) in [4.78, 5) is 12.9. The third kappa shape index (κ3) is 2.98. The highest BCUT2D eigenvalue weighted by molar-refractivity contribution is 5.85. The summed E-state index contributed by atoms with van der Waals surface area (Å²) in [5, 5.41) is 12.0. The van der Waals surface area contributed by atoms with Gasteiger partial charge in [-0.2, -0.15) is 0 Å². The maximum Gasteiger partial charge on any atom is 0.138 e. The number of aliphatic hydroxyl groups is 1. The van der Waals surface area contributed by atoms with E-state index in [2.05, 4.69) is 62.3 Å². The minimum Gasteiger partial charge on any atom is -0.393 e. The van der Waals surface area contributed by atoms with Crippen LogP contribution in [0.5, 0.6) is 0 Å². The lowest BCUT2D eigenvalue weighted by Crippen LogP contribution is -2.67. The molecule has 1 N–H and O–H groups in total. The van der Waals surface area contributed by atoms with Crippen LogP contribution in [0, 0.1) is 51.2 Å². The van der Waals surface area contributed by atoms with Crippen LogP contribution in [-0.2, 0) is 9.53 Å². The molecule has 1 saturated heterocycles. The summed E-state index contributed by atoms with van der Waals surface area (Å²) in [6, 6.07) is 0. The molecule has 5 fully saturated rings. The molecular weight excluding hydrogens is 420 g/mol. The summed E-state index contributed by atoms with van der Waals surface area (Å²) in [5.41, 5.74) is 0.00668. The molecule has 34 heavy (non-hydrogen) atoms. The van der Waals surface area contributed by atoms with Crippen LogP contribution in [0.15, 0.2) is 0 Å². The van der Waals surface area contributed by atoms with Gasteiger partial charge in [0.1, 0.15) is 5.78 Å². The average molecular weight is 473 g/mol. The Morgan fingerprint density at radius 1 is 0.853 bits per heavy atom. The maximum atomic E-state index is 12.9. The van der Waals surface area contributed by atoms with Gasteiger partial charge >= 0.3 is 0 Å². The van der Waals surface area contributed by atoms with Crippen LogP contribution in [0.4, 0.5) is 0 Å². The van der Waals surface area contributed by atoms with Crippen molar-refractivity contribution in [1.82, 2.24) is 0 Å². The quantitative estimate of drug-likeness (QED) is 0.462. The number of fused-ring (bicyclic) bond motifs is 5. The Balaban J connectivity index is 1.50. The zero-order valence-corrected chi connectivity index (χ0v) is 23.6. The highest BCUT2D eigenvalue weighted by Gasteiger charge is 2.72. The maximum absolute atomic E-state index is 12.9. The molecule has 0 aromatic rings. The van der Waals surface area contributed by atoms with E-state index in [-0.39, 0.29) is 44.9 Å². The number of ketones is 1. The first-order chi connectivity index (χ1) is 15.6. The molecule has 0 amide bonds. The molecule has 194 valence electrons. The van der Waals surface area contributed by atoms with Crippen molar-refractivity contribution in [2.45, 2.75) is 137 Å². The molecule has 4 saturated carbocycles. The van der Waals surface area contributed by atoms with Gasteiger partial charge in [0.25, 0.3) is 0 Å². The Morgan fingerprint density at radius 2 is 1.50 bits per heavy atom.